The van der Waals surface area contributed by atoms with Crippen molar-refractivity contribution in [2.75, 3.05) is 13.2 Å². The molecule has 5 nitrogen and oxygen atoms in total. The third-order valence-corrected chi connectivity index (χ3v) is 0.958. The first-order valence-electron chi connectivity index (χ1n) is 2.24. The quantitative estimate of drug-likeness (QED) is 0.312. The van der Waals surface area contributed by atoms with E-state index in [2.05, 4.69) is 4.52 Å². The minimum absolute atomic E-state index is 0. The second-order valence-electron chi connectivity index (χ2n) is 1.37. The van der Waals surface area contributed by atoms with Gasteiger partial charge in [-0.3, -0.25) is 0 Å². The van der Waals surface area contributed by atoms with Crippen LogP contribution in [0.1, 0.15) is 2.85 Å². The normalized spacial score (nSPS) is 12.5. The SMILES string of the molecule is O=[P+](O)OCC(O)CO.[H-].[H-].[Na+].[Na+]. The zero-order valence-electron chi connectivity index (χ0n) is 8.60. The van der Waals surface area contributed by atoms with E-state index in [1.807, 2.05) is 0 Å². The minimum Gasteiger partial charge on any atom is -1.00 e. The Morgan fingerprint density at radius 3 is 2.27 bits per heavy atom. The minimum atomic E-state index is -2.66. The zero-order chi connectivity index (χ0) is 7.28. The molecule has 0 aliphatic carbocycles. The maximum absolute atomic E-state index is 9.75. The average molecular weight is 203 g/mol. The molecule has 0 saturated heterocycles. The third kappa shape index (κ3) is 14.8. The molecule has 2 atom stereocenters. The molecule has 2 unspecified atom stereocenters. The van der Waals surface area contributed by atoms with Gasteiger partial charge in [-0.1, -0.05) is 0 Å². The van der Waals surface area contributed by atoms with Gasteiger partial charge in [-0.15, -0.1) is 9.42 Å². The van der Waals surface area contributed by atoms with Gasteiger partial charge in [0.05, 0.1) is 6.61 Å². The van der Waals surface area contributed by atoms with Gasteiger partial charge in [0.15, 0.2) is 0 Å². The maximum atomic E-state index is 9.75. The van der Waals surface area contributed by atoms with E-state index in [0.717, 1.165) is 0 Å². The molecule has 11 heavy (non-hydrogen) atoms. The second kappa shape index (κ2) is 11.9. The summed E-state index contributed by atoms with van der Waals surface area (Å²) < 4.78 is 13.8. The fourth-order valence-corrected chi connectivity index (χ4v) is 0.502. The van der Waals surface area contributed by atoms with Crippen LogP contribution in [0.2, 0.25) is 0 Å². The van der Waals surface area contributed by atoms with Crippen LogP contribution in [0, 0.1) is 0 Å². The van der Waals surface area contributed by atoms with Crippen LogP contribution in [0.25, 0.3) is 0 Å². The van der Waals surface area contributed by atoms with Gasteiger partial charge in [-0.2, -0.15) is 0 Å². The Hall–Kier alpha value is 1.94. The zero-order valence-corrected chi connectivity index (χ0v) is 11.5. The Kier molecular flexibility index (Phi) is 20.3. The molecule has 0 rings (SSSR count). The molecule has 8 heteroatoms. The first-order chi connectivity index (χ1) is 4.16. The Labute approximate surface area is 113 Å². The fraction of sp³-hybridized carbons (Fsp3) is 1.00. The number of rotatable bonds is 4. The maximum Gasteiger partial charge on any atom is 1.00 e. The molecule has 0 radical (unpaired) electrons. The summed E-state index contributed by atoms with van der Waals surface area (Å²) >= 11 is 0. The summed E-state index contributed by atoms with van der Waals surface area (Å²) in [5.74, 6) is 0. The van der Waals surface area contributed by atoms with Crippen molar-refractivity contribution in [1.29, 1.82) is 0 Å². The Bertz CT molecular complexity index is 110. The topological polar surface area (TPSA) is 87.0 Å². The summed E-state index contributed by atoms with van der Waals surface area (Å²) in [6.45, 7) is -0.786. The molecule has 58 valence electrons. The van der Waals surface area contributed by atoms with Crippen LogP contribution in [0.3, 0.4) is 0 Å². The second-order valence-corrected chi connectivity index (χ2v) is 2.10. The first kappa shape index (κ1) is 18.7. The molecule has 0 aromatic rings. The Morgan fingerprint density at radius 2 is 2.00 bits per heavy atom. The summed E-state index contributed by atoms with van der Waals surface area (Å²) in [5.41, 5.74) is 0. The molecule has 0 fully saturated rings. The van der Waals surface area contributed by atoms with Gasteiger partial charge in [0.25, 0.3) is 0 Å². The van der Waals surface area contributed by atoms with E-state index in [1.165, 1.54) is 0 Å². The summed E-state index contributed by atoms with van der Waals surface area (Å²) in [4.78, 5) is 7.99. The molecule has 0 aliphatic rings. The van der Waals surface area contributed by atoms with Gasteiger partial charge in [0, 0.05) is 4.57 Å². The standard InChI is InChI=1S/C3H7O5P.2Na.2H/c4-1-3(5)2-8-9(6)7;;;;/h3-5H,1-2H2;;;;/q;2*+1;2*-1/p+1. The van der Waals surface area contributed by atoms with Crippen molar-refractivity contribution >= 4 is 8.25 Å². The van der Waals surface area contributed by atoms with Crippen molar-refractivity contribution in [2.24, 2.45) is 0 Å². The van der Waals surface area contributed by atoms with Crippen molar-refractivity contribution in [2.45, 2.75) is 6.10 Å². The van der Waals surface area contributed by atoms with E-state index >= 15 is 0 Å². The molecule has 3 N–H and O–H groups in total. The van der Waals surface area contributed by atoms with Crippen LogP contribution in [0.4, 0.5) is 0 Å². The van der Waals surface area contributed by atoms with Crippen LogP contribution >= 0.6 is 8.25 Å². The van der Waals surface area contributed by atoms with Crippen molar-refractivity contribution in [3.05, 3.63) is 0 Å². The largest absolute Gasteiger partial charge is 1.00 e. The van der Waals surface area contributed by atoms with Gasteiger partial charge in [0.1, 0.15) is 12.7 Å². The molecule has 0 aromatic carbocycles. The predicted molar refractivity (Wildman–Crippen MR) is 31.1 cm³/mol. The van der Waals surface area contributed by atoms with E-state index in [4.69, 9.17) is 15.1 Å². The van der Waals surface area contributed by atoms with Crippen LogP contribution < -0.4 is 59.1 Å². The molecule has 0 spiro atoms. The molecule has 0 saturated carbocycles. The summed E-state index contributed by atoms with van der Waals surface area (Å²) in [6.07, 6.45) is -1.07. The van der Waals surface area contributed by atoms with Crippen molar-refractivity contribution in [1.82, 2.24) is 0 Å². The summed E-state index contributed by atoms with van der Waals surface area (Å²) in [5, 5.41) is 16.6. The van der Waals surface area contributed by atoms with E-state index in [0.29, 0.717) is 0 Å². The molecular formula is C3H10Na2O5P+. The Balaban J connectivity index is -0.0000000533. The van der Waals surface area contributed by atoms with Crippen LogP contribution in [-0.4, -0.2) is 34.4 Å². The fourth-order valence-electron chi connectivity index (χ4n) is 0.203. The predicted octanol–water partition coefficient (Wildman–Crippen LogP) is -6.76. The van der Waals surface area contributed by atoms with Crippen LogP contribution in [0.15, 0.2) is 0 Å². The Morgan fingerprint density at radius 1 is 1.55 bits per heavy atom. The average Bonchev–Trinajstić information content (AvgIpc) is 1.83. The number of aliphatic hydroxyl groups excluding tert-OH is 2. The van der Waals surface area contributed by atoms with Gasteiger partial charge < -0.3 is 13.1 Å². The van der Waals surface area contributed by atoms with Gasteiger partial charge in [-0.25, -0.2) is 0 Å². The summed E-state index contributed by atoms with van der Waals surface area (Å²) in [6, 6.07) is 0. The first-order valence-corrected chi connectivity index (χ1v) is 3.38. The van der Waals surface area contributed by atoms with E-state index in [-0.39, 0.29) is 68.6 Å². The van der Waals surface area contributed by atoms with Gasteiger partial charge in [0.2, 0.25) is 0 Å². The number of aliphatic hydroxyl groups is 2. The number of hydrogen-bond acceptors (Lipinski definition) is 4. The van der Waals surface area contributed by atoms with Gasteiger partial charge in [-0.05, 0) is 0 Å². The van der Waals surface area contributed by atoms with Crippen molar-refractivity contribution in [3.63, 3.8) is 0 Å². The summed E-state index contributed by atoms with van der Waals surface area (Å²) in [7, 11) is -2.66. The smallest absolute Gasteiger partial charge is 1.00 e. The van der Waals surface area contributed by atoms with E-state index in [9.17, 15) is 4.57 Å². The van der Waals surface area contributed by atoms with E-state index in [1.54, 1.807) is 0 Å². The van der Waals surface area contributed by atoms with Crippen molar-refractivity contribution < 1.29 is 86.2 Å². The monoisotopic (exact) mass is 203 g/mol. The molecule has 0 aromatic heterocycles. The molecule has 0 aliphatic heterocycles. The third-order valence-electron chi connectivity index (χ3n) is 0.588. The van der Waals surface area contributed by atoms with Crippen molar-refractivity contribution in [3.8, 4) is 0 Å². The van der Waals surface area contributed by atoms with Crippen LogP contribution in [0.5, 0.6) is 0 Å². The number of hydrogen-bond donors (Lipinski definition) is 3. The van der Waals surface area contributed by atoms with Crippen LogP contribution in [-0.2, 0) is 9.09 Å². The molecule has 0 amide bonds. The molecular weight excluding hydrogens is 193 g/mol. The molecule has 0 bridgehead atoms. The van der Waals surface area contributed by atoms with E-state index < -0.39 is 21.0 Å². The molecule has 0 heterocycles. The van der Waals surface area contributed by atoms with Gasteiger partial charge >= 0.3 is 67.4 Å².